The van der Waals surface area contributed by atoms with Gasteiger partial charge in [-0.15, -0.1) is 11.3 Å². The third kappa shape index (κ3) is 2.23. The van der Waals surface area contributed by atoms with Crippen LogP contribution in [0.4, 0.5) is 4.39 Å². The molecule has 2 aromatic rings. The lowest BCUT2D eigenvalue weighted by Gasteiger charge is -2.12. The van der Waals surface area contributed by atoms with E-state index in [4.69, 9.17) is 4.74 Å². The van der Waals surface area contributed by atoms with Crippen molar-refractivity contribution in [1.29, 1.82) is 0 Å². The smallest absolute Gasteiger partial charge is 0.171 e. The third-order valence-electron chi connectivity index (χ3n) is 2.70. The number of hydrogen-bond donors (Lipinski definition) is 1. The van der Waals surface area contributed by atoms with Crippen LogP contribution in [0.3, 0.4) is 0 Å². The van der Waals surface area contributed by atoms with E-state index in [0.29, 0.717) is 4.88 Å². The number of nitrogens with zero attached hydrogens (tertiary/aromatic N) is 1. The SMILES string of the molecule is COc1cccc(C(O)c2sc(C)nc2C)c1F. The van der Waals surface area contributed by atoms with Crippen molar-refractivity contribution in [2.75, 3.05) is 7.11 Å². The molecular weight excluding hydrogens is 253 g/mol. The van der Waals surface area contributed by atoms with Crippen LogP contribution in [0.2, 0.25) is 0 Å². The van der Waals surface area contributed by atoms with E-state index >= 15 is 0 Å². The average molecular weight is 267 g/mol. The van der Waals surface area contributed by atoms with Crippen molar-refractivity contribution >= 4 is 11.3 Å². The number of aryl methyl sites for hydroxylation is 2. The highest BCUT2D eigenvalue weighted by Crippen LogP contribution is 2.33. The van der Waals surface area contributed by atoms with Gasteiger partial charge in [-0.2, -0.15) is 0 Å². The number of aliphatic hydroxyl groups excluding tert-OH is 1. The molecule has 5 heteroatoms. The Labute approximate surface area is 109 Å². The highest BCUT2D eigenvalue weighted by atomic mass is 32.1. The monoisotopic (exact) mass is 267 g/mol. The van der Waals surface area contributed by atoms with E-state index in [1.165, 1.54) is 24.5 Å². The summed E-state index contributed by atoms with van der Waals surface area (Å²) in [4.78, 5) is 4.90. The summed E-state index contributed by atoms with van der Waals surface area (Å²) in [5.74, 6) is -0.400. The first kappa shape index (κ1) is 13.0. The Morgan fingerprint density at radius 3 is 2.67 bits per heavy atom. The van der Waals surface area contributed by atoms with E-state index < -0.39 is 11.9 Å². The van der Waals surface area contributed by atoms with Crippen LogP contribution in [-0.2, 0) is 0 Å². The van der Waals surface area contributed by atoms with Crippen molar-refractivity contribution in [3.63, 3.8) is 0 Å². The Kier molecular flexibility index (Phi) is 3.63. The van der Waals surface area contributed by atoms with E-state index in [-0.39, 0.29) is 11.3 Å². The highest BCUT2D eigenvalue weighted by Gasteiger charge is 2.21. The molecule has 0 spiro atoms. The van der Waals surface area contributed by atoms with Gasteiger partial charge < -0.3 is 9.84 Å². The fourth-order valence-corrected chi connectivity index (χ4v) is 2.77. The Morgan fingerprint density at radius 2 is 2.11 bits per heavy atom. The fraction of sp³-hybridized carbons (Fsp3) is 0.308. The maximum Gasteiger partial charge on any atom is 0.171 e. The van der Waals surface area contributed by atoms with E-state index in [2.05, 4.69) is 4.98 Å². The summed E-state index contributed by atoms with van der Waals surface area (Å²) in [6.07, 6.45) is -1.01. The van der Waals surface area contributed by atoms with Gasteiger partial charge in [0.05, 0.1) is 22.7 Å². The second-order valence-corrected chi connectivity index (χ2v) is 5.18. The summed E-state index contributed by atoms with van der Waals surface area (Å²) in [6.45, 7) is 3.66. The number of thiazole rings is 1. The zero-order valence-corrected chi connectivity index (χ0v) is 11.2. The molecule has 0 aliphatic heterocycles. The molecule has 1 aromatic heterocycles. The summed E-state index contributed by atoms with van der Waals surface area (Å²) >= 11 is 1.37. The molecule has 96 valence electrons. The lowest BCUT2D eigenvalue weighted by atomic mass is 10.1. The lowest BCUT2D eigenvalue weighted by molar-refractivity contribution is 0.216. The molecule has 0 saturated heterocycles. The van der Waals surface area contributed by atoms with Crippen molar-refractivity contribution < 1.29 is 14.2 Å². The first-order valence-electron chi connectivity index (χ1n) is 5.49. The molecule has 0 fully saturated rings. The molecule has 0 aliphatic rings. The van der Waals surface area contributed by atoms with Gasteiger partial charge in [0.2, 0.25) is 0 Å². The number of benzene rings is 1. The van der Waals surface area contributed by atoms with Crippen LogP contribution in [0.15, 0.2) is 18.2 Å². The standard InChI is InChI=1S/C13H14FNO2S/c1-7-13(18-8(2)15-7)12(16)9-5-4-6-10(17-3)11(9)14/h4-6,12,16H,1-3H3. The topological polar surface area (TPSA) is 42.4 Å². The zero-order chi connectivity index (χ0) is 13.3. The van der Waals surface area contributed by atoms with Crippen molar-refractivity contribution in [1.82, 2.24) is 4.98 Å². The average Bonchev–Trinajstić information content (AvgIpc) is 2.68. The van der Waals surface area contributed by atoms with Crippen LogP contribution < -0.4 is 4.74 Å². The molecule has 3 nitrogen and oxygen atoms in total. The molecule has 1 heterocycles. The minimum atomic E-state index is -1.01. The highest BCUT2D eigenvalue weighted by molar-refractivity contribution is 7.11. The lowest BCUT2D eigenvalue weighted by Crippen LogP contribution is -2.03. The van der Waals surface area contributed by atoms with E-state index in [0.717, 1.165) is 10.7 Å². The molecule has 0 bridgehead atoms. The van der Waals surface area contributed by atoms with Crippen molar-refractivity contribution in [3.05, 3.63) is 45.2 Å². The molecule has 1 atom stereocenters. The van der Waals surface area contributed by atoms with Crippen LogP contribution in [0.5, 0.6) is 5.75 Å². The molecule has 0 radical (unpaired) electrons. The second kappa shape index (κ2) is 5.04. The van der Waals surface area contributed by atoms with Crippen LogP contribution in [0.25, 0.3) is 0 Å². The molecular formula is C13H14FNO2S. The molecule has 0 aliphatic carbocycles. The molecule has 0 amide bonds. The van der Waals surface area contributed by atoms with Gasteiger partial charge in [0.15, 0.2) is 11.6 Å². The molecule has 2 rings (SSSR count). The van der Waals surface area contributed by atoms with Gasteiger partial charge in [-0.1, -0.05) is 12.1 Å². The third-order valence-corrected chi connectivity index (χ3v) is 3.82. The minimum absolute atomic E-state index is 0.130. The zero-order valence-electron chi connectivity index (χ0n) is 10.4. The summed E-state index contributed by atoms with van der Waals surface area (Å²) in [5.41, 5.74) is 0.938. The number of rotatable bonds is 3. The molecule has 0 saturated carbocycles. The van der Waals surface area contributed by atoms with Gasteiger partial charge >= 0.3 is 0 Å². The quantitative estimate of drug-likeness (QED) is 0.929. The molecule has 1 aromatic carbocycles. The number of aromatic nitrogens is 1. The van der Waals surface area contributed by atoms with Crippen LogP contribution in [0, 0.1) is 19.7 Å². The first-order valence-corrected chi connectivity index (χ1v) is 6.30. The van der Waals surface area contributed by atoms with Crippen molar-refractivity contribution in [3.8, 4) is 5.75 Å². The van der Waals surface area contributed by atoms with Crippen molar-refractivity contribution in [2.45, 2.75) is 20.0 Å². The van der Waals surface area contributed by atoms with Crippen molar-refractivity contribution in [2.24, 2.45) is 0 Å². The summed E-state index contributed by atoms with van der Waals surface area (Å²) in [7, 11) is 1.40. The van der Waals surface area contributed by atoms with Crippen LogP contribution in [0.1, 0.15) is 27.2 Å². The maximum atomic E-state index is 14.0. The predicted octanol–water partition coefficient (Wildman–Crippen LogP) is 2.99. The number of hydrogen-bond acceptors (Lipinski definition) is 4. The molecule has 1 N–H and O–H groups in total. The van der Waals surface area contributed by atoms with Gasteiger partial charge in [-0.3, -0.25) is 0 Å². The minimum Gasteiger partial charge on any atom is -0.494 e. The van der Waals surface area contributed by atoms with E-state index in [1.807, 2.05) is 6.92 Å². The Hall–Kier alpha value is -1.46. The summed E-state index contributed by atoms with van der Waals surface area (Å²) in [5, 5.41) is 11.1. The van der Waals surface area contributed by atoms with Gasteiger partial charge in [0, 0.05) is 5.56 Å². The normalized spacial score (nSPS) is 12.5. The second-order valence-electron chi connectivity index (χ2n) is 3.95. The Balaban J connectivity index is 2.46. The Bertz CT molecular complexity index is 568. The number of aliphatic hydroxyl groups is 1. The predicted molar refractivity (Wildman–Crippen MR) is 68.6 cm³/mol. The van der Waals surface area contributed by atoms with Gasteiger partial charge in [0.25, 0.3) is 0 Å². The maximum absolute atomic E-state index is 14.0. The van der Waals surface area contributed by atoms with Gasteiger partial charge in [0.1, 0.15) is 6.10 Å². The van der Waals surface area contributed by atoms with Crippen LogP contribution in [-0.4, -0.2) is 17.2 Å². The number of methoxy groups -OCH3 is 1. The van der Waals surface area contributed by atoms with E-state index in [1.54, 1.807) is 19.1 Å². The summed E-state index contributed by atoms with van der Waals surface area (Å²) < 4.78 is 19.0. The molecule has 18 heavy (non-hydrogen) atoms. The first-order chi connectivity index (χ1) is 8.54. The Morgan fingerprint density at radius 1 is 1.39 bits per heavy atom. The van der Waals surface area contributed by atoms with Gasteiger partial charge in [-0.25, -0.2) is 9.37 Å². The summed E-state index contributed by atoms with van der Waals surface area (Å²) in [6, 6.07) is 4.73. The molecule has 1 unspecified atom stereocenters. The fourth-order valence-electron chi connectivity index (χ4n) is 1.84. The number of halogens is 1. The van der Waals surface area contributed by atoms with Gasteiger partial charge in [-0.05, 0) is 19.9 Å². The van der Waals surface area contributed by atoms with E-state index in [9.17, 15) is 9.50 Å². The van der Waals surface area contributed by atoms with Crippen LogP contribution >= 0.6 is 11.3 Å². The largest absolute Gasteiger partial charge is 0.494 e. The number of ether oxygens (including phenoxy) is 1.